The predicted molar refractivity (Wildman–Crippen MR) is 71.3 cm³/mol. The van der Waals surface area contributed by atoms with Gasteiger partial charge in [0.1, 0.15) is 6.04 Å². The molecule has 1 heterocycles. The number of carbonyl (C=O) groups excluding carboxylic acids is 2. The SMILES string of the molecule is NC(=O)C1CCCN1C(=O)Nc1ccccc1C(=O)O. The number of rotatable bonds is 3. The van der Waals surface area contributed by atoms with Gasteiger partial charge in [-0.25, -0.2) is 9.59 Å². The molecule has 0 bridgehead atoms. The zero-order valence-corrected chi connectivity index (χ0v) is 10.7. The van der Waals surface area contributed by atoms with Gasteiger partial charge in [0.2, 0.25) is 5.91 Å². The molecule has 1 aliphatic rings. The van der Waals surface area contributed by atoms with Crippen LogP contribution in [-0.4, -0.2) is 40.5 Å². The molecular formula is C13H15N3O4. The summed E-state index contributed by atoms with van der Waals surface area (Å²) in [4.78, 5) is 35.8. The van der Waals surface area contributed by atoms with Crippen molar-refractivity contribution in [1.82, 2.24) is 4.90 Å². The number of urea groups is 1. The first kappa shape index (κ1) is 13.9. The summed E-state index contributed by atoms with van der Waals surface area (Å²) in [5, 5.41) is 11.6. The maximum Gasteiger partial charge on any atom is 0.337 e. The predicted octanol–water partition coefficient (Wildman–Crippen LogP) is 0.866. The minimum Gasteiger partial charge on any atom is -0.478 e. The monoisotopic (exact) mass is 277 g/mol. The van der Waals surface area contributed by atoms with E-state index in [1.165, 1.54) is 17.0 Å². The van der Waals surface area contributed by atoms with E-state index < -0.39 is 23.9 Å². The molecule has 7 heteroatoms. The maximum absolute atomic E-state index is 12.1. The number of benzene rings is 1. The van der Waals surface area contributed by atoms with Crippen LogP contribution in [-0.2, 0) is 4.79 Å². The van der Waals surface area contributed by atoms with Crippen LogP contribution in [0.15, 0.2) is 24.3 Å². The number of likely N-dealkylation sites (tertiary alicyclic amines) is 1. The van der Waals surface area contributed by atoms with Gasteiger partial charge in [-0.1, -0.05) is 12.1 Å². The van der Waals surface area contributed by atoms with Crippen molar-refractivity contribution in [2.75, 3.05) is 11.9 Å². The molecule has 1 aromatic rings. The van der Waals surface area contributed by atoms with E-state index in [2.05, 4.69) is 5.32 Å². The fourth-order valence-corrected chi connectivity index (χ4v) is 2.27. The molecule has 1 aromatic carbocycles. The highest BCUT2D eigenvalue weighted by Crippen LogP contribution is 2.20. The topological polar surface area (TPSA) is 113 Å². The Hall–Kier alpha value is -2.57. The van der Waals surface area contributed by atoms with Crippen LogP contribution < -0.4 is 11.1 Å². The van der Waals surface area contributed by atoms with Gasteiger partial charge < -0.3 is 21.1 Å². The zero-order valence-electron chi connectivity index (χ0n) is 10.7. The van der Waals surface area contributed by atoms with Crippen LogP contribution in [0.3, 0.4) is 0 Å². The molecule has 1 aliphatic heterocycles. The minimum atomic E-state index is -1.13. The van der Waals surface area contributed by atoms with E-state index in [0.717, 1.165) is 0 Å². The van der Waals surface area contributed by atoms with E-state index in [4.69, 9.17) is 10.8 Å². The van der Waals surface area contributed by atoms with Gasteiger partial charge in [0, 0.05) is 6.54 Å². The average molecular weight is 277 g/mol. The first-order valence-corrected chi connectivity index (χ1v) is 6.20. The maximum atomic E-state index is 12.1. The van der Waals surface area contributed by atoms with Crippen LogP contribution in [0.25, 0.3) is 0 Å². The number of primary amides is 1. The molecule has 2 rings (SSSR count). The van der Waals surface area contributed by atoms with Crippen LogP contribution in [0.1, 0.15) is 23.2 Å². The molecule has 4 N–H and O–H groups in total. The second-order valence-electron chi connectivity index (χ2n) is 4.53. The first-order chi connectivity index (χ1) is 9.50. The lowest BCUT2D eigenvalue weighted by atomic mass is 10.2. The summed E-state index contributed by atoms with van der Waals surface area (Å²) in [6.07, 6.45) is 1.23. The summed E-state index contributed by atoms with van der Waals surface area (Å²) in [6.45, 7) is 0.425. The standard InChI is InChI=1S/C13H15N3O4/c14-11(17)10-6-3-7-16(10)13(20)15-9-5-2-1-4-8(9)12(18)19/h1-2,4-5,10H,3,6-7H2,(H2,14,17)(H,15,20)(H,18,19). The molecule has 1 unspecified atom stereocenters. The normalized spacial score (nSPS) is 17.8. The van der Waals surface area contributed by atoms with Gasteiger partial charge in [-0.2, -0.15) is 0 Å². The van der Waals surface area contributed by atoms with Gasteiger partial charge in [0.25, 0.3) is 0 Å². The number of amides is 3. The van der Waals surface area contributed by atoms with E-state index in [-0.39, 0.29) is 11.3 Å². The molecule has 1 saturated heterocycles. The second kappa shape index (κ2) is 5.60. The summed E-state index contributed by atoms with van der Waals surface area (Å²) in [6, 6.07) is 4.94. The van der Waals surface area contributed by atoms with Gasteiger partial charge in [-0.05, 0) is 25.0 Å². The largest absolute Gasteiger partial charge is 0.478 e. The third kappa shape index (κ3) is 2.71. The lowest BCUT2D eigenvalue weighted by Gasteiger charge is -2.22. The van der Waals surface area contributed by atoms with Crippen molar-refractivity contribution in [1.29, 1.82) is 0 Å². The number of hydrogen-bond donors (Lipinski definition) is 3. The van der Waals surface area contributed by atoms with Gasteiger partial charge in [0.05, 0.1) is 11.3 Å². The molecule has 1 atom stereocenters. The number of nitrogens with zero attached hydrogens (tertiary/aromatic N) is 1. The van der Waals surface area contributed by atoms with Crippen molar-refractivity contribution in [2.24, 2.45) is 5.73 Å². The Bertz CT molecular complexity index is 558. The molecule has 3 amide bonds. The van der Waals surface area contributed by atoms with Crippen molar-refractivity contribution < 1.29 is 19.5 Å². The van der Waals surface area contributed by atoms with E-state index in [9.17, 15) is 14.4 Å². The summed E-state index contributed by atoms with van der Waals surface area (Å²) >= 11 is 0. The number of para-hydroxylation sites is 1. The van der Waals surface area contributed by atoms with Crippen LogP contribution in [0.4, 0.5) is 10.5 Å². The molecule has 0 aliphatic carbocycles. The third-order valence-corrected chi connectivity index (χ3v) is 3.24. The minimum absolute atomic E-state index is 0.00401. The zero-order chi connectivity index (χ0) is 14.7. The number of hydrogen-bond acceptors (Lipinski definition) is 3. The molecule has 0 aromatic heterocycles. The number of anilines is 1. The van der Waals surface area contributed by atoms with E-state index in [0.29, 0.717) is 19.4 Å². The number of carboxylic acids is 1. The molecule has 7 nitrogen and oxygen atoms in total. The molecule has 106 valence electrons. The fraction of sp³-hybridized carbons (Fsp3) is 0.308. The molecule has 20 heavy (non-hydrogen) atoms. The Morgan fingerprint density at radius 1 is 1.30 bits per heavy atom. The molecule has 1 fully saturated rings. The van der Waals surface area contributed by atoms with Crippen LogP contribution in [0.2, 0.25) is 0 Å². The molecule has 0 radical (unpaired) electrons. The first-order valence-electron chi connectivity index (χ1n) is 6.20. The highest BCUT2D eigenvalue weighted by atomic mass is 16.4. The van der Waals surface area contributed by atoms with Crippen LogP contribution in [0, 0.1) is 0 Å². The lowest BCUT2D eigenvalue weighted by molar-refractivity contribution is -0.121. The highest BCUT2D eigenvalue weighted by molar-refractivity contribution is 6.01. The lowest BCUT2D eigenvalue weighted by Crippen LogP contribution is -2.45. The molecular weight excluding hydrogens is 262 g/mol. The van der Waals surface area contributed by atoms with Crippen molar-refractivity contribution in [3.63, 3.8) is 0 Å². The van der Waals surface area contributed by atoms with Crippen molar-refractivity contribution >= 4 is 23.6 Å². The van der Waals surface area contributed by atoms with Gasteiger partial charge >= 0.3 is 12.0 Å². The number of nitrogens with two attached hydrogens (primary N) is 1. The van der Waals surface area contributed by atoms with Crippen molar-refractivity contribution in [3.05, 3.63) is 29.8 Å². The van der Waals surface area contributed by atoms with Crippen LogP contribution >= 0.6 is 0 Å². The van der Waals surface area contributed by atoms with Gasteiger partial charge in [-0.15, -0.1) is 0 Å². The number of carboxylic acid groups (broad SMARTS) is 1. The summed E-state index contributed by atoms with van der Waals surface area (Å²) in [5.41, 5.74) is 5.43. The number of carbonyl (C=O) groups is 3. The number of nitrogens with one attached hydrogen (secondary N) is 1. The summed E-state index contributed by atoms with van der Waals surface area (Å²) < 4.78 is 0. The Morgan fingerprint density at radius 2 is 2.00 bits per heavy atom. The van der Waals surface area contributed by atoms with E-state index in [1.807, 2.05) is 0 Å². The van der Waals surface area contributed by atoms with Crippen molar-refractivity contribution in [2.45, 2.75) is 18.9 Å². The Kier molecular flexibility index (Phi) is 3.88. The highest BCUT2D eigenvalue weighted by Gasteiger charge is 2.33. The van der Waals surface area contributed by atoms with Crippen LogP contribution in [0.5, 0.6) is 0 Å². The van der Waals surface area contributed by atoms with Crippen molar-refractivity contribution in [3.8, 4) is 0 Å². The van der Waals surface area contributed by atoms with E-state index in [1.54, 1.807) is 12.1 Å². The van der Waals surface area contributed by atoms with E-state index >= 15 is 0 Å². The van der Waals surface area contributed by atoms with Gasteiger partial charge in [-0.3, -0.25) is 4.79 Å². The Labute approximate surface area is 115 Å². The smallest absolute Gasteiger partial charge is 0.337 e. The van der Waals surface area contributed by atoms with Gasteiger partial charge in [0.15, 0.2) is 0 Å². The second-order valence-corrected chi connectivity index (χ2v) is 4.53. The molecule has 0 saturated carbocycles. The summed E-state index contributed by atoms with van der Waals surface area (Å²) in [5.74, 6) is -1.68. The Balaban J connectivity index is 2.16. The number of aromatic carboxylic acids is 1. The molecule has 0 spiro atoms. The Morgan fingerprint density at radius 3 is 2.65 bits per heavy atom. The fourth-order valence-electron chi connectivity index (χ4n) is 2.27. The average Bonchev–Trinajstić information content (AvgIpc) is 2.88. The third-order valence-electron chi connectivity index (χ3n) is 3.24. The quantitative estimate of drug-likeness (QED) is 0.760. The summed E-state index contributed by atoms with van der Waals surface area (Å²) in [7, 11) is 0.